The van der Waals surface area contributed by atoms with E-state index in [1.54, 1.807) is 6.07 Å². The first kappa shape index (κ1) is 16.5. The minimum absolute atomic E-state index is 0.0195. The topological polar surface area (TPSA) is 73.6 Å². The third-order valence-electron chi connectivity index (χ3n) is 3.76. The monoisotopic (exact) mass is 326 g/mol. The van der Waals surface area contributed by atoms with Crippen LogP contribution in [0.2, 0.25) is 5.02 Å². The number of benzene rings is 1. The first-order valence-electron chi connectivity index (χ1n) is 6.94. The Morgan fingerprint density at radius 3 is 3.05 bits per heavy atom. The Bertz CT molecular complexity index is 591. The molecule has 0 aliphatic carbocycles. The third kappa shape index (κ3) is 3.87. The summed E-state index contributed by atoms with van der Waals surface area (Å²) in [7, 11) is 0. The lowest BCUT2D eigenvalue weighted by molar-refractivity contribution is 0.00139. The van der Waals surface area contributed by atoms with Gasteiger partial charge in [-0.05, 0) is 30.5 Å². The number of nitriles is 1. The van der Waals surface area contributed by atoms with E-state index in [4.69, 9.17) is 26.7 Å². The van der Waals surface area contributed by atoms with Gasteiger partial charge in [-0.25, -0.2) is 9.18 Å². The second-order valence-corrected chi connectivity index (χ2v) is 5.60. The largest absolute Gasteiger partial charge is 0.465 e. The molecule has 1 saturated heterocycles. The molecule has 0 aromatic heterocycles. The molecule has 0 radical (unpaired) electrons. The zero-order valence-corrected chi connectivity index (χ0v) is 12.6. The fourth-order valence-corrected chi connectivity index (χ4v) is 2.94. The average Bonchev–Trinajstić information content (AvgIpc) is 2.51. The van der Waals surface area contributed by atoms with Crippen molar-refractivity contribution >= 4 is 17.7 Å². The second-order valence-electron chi connectivity index (χ2n) is 5.19. The highest BCUT2D eigenvalue weighted by Gasteiger charge is 2.31. The standard InChI is InChI=1S/C15H16ClFN2O3/c16-12-8-10(3-4-13(12)17)14(22-7-5-18)11-2-1-6-19(9-11)15(20)21/h3-4,8,11,14H,1-2,6-7,9H2,(H,20,21). The highest BCUT2D eigenvalue weighted by Crippen LogP contribution is 2.34. The molecule has 0 bridgehead atoms. The number of carbonyl (C=O) groups is 1. The van der Waals surface area contributed by atoms with Crippen LogP contribution in [0.5, 0.6) is 0 Å². The molecule has 1 aromatic rings. The number of amides is 1. The summed E-state index contributed by atoms with van der Waals surface area (Å²) < 4.78 is 18.9. The van der Waals surface area contributed by atoms with Crippen LogP contribution >= 0.6 is 11.6 Å². The quantitative estimate of drug-likeness (QED) is 0.919. The summed E-state index contributed by atoms with van der Waals surface area (Å²) in [5, 5.41) is 17.8. The number of nitrogens with zero attached hydrogens (tertiary/aromatic N) is 2. The summed E-state index contributed by atoms with van der Waals surface area (Å²) in [6.07, 6.45) is 0.0356. The maximum absolute atomic E-state index is 13.3. The van der Waals surface area contributed by atoms with Crippen LogP contribution in [0.15, 0.2) is 18.2 Å². The van der Waals surface area contributed by atoms with E-state index in [0.29, 0.717) is 18.7 Å². The van der Waals surface area contributed by atoms with Gasteiger partial charge in [0.15, 0.2) is 0 Å². The van der Waals surface area contributed by atoms with Crippen LogP contribution < -0.4 is 0 Å². The number of hydrogen-bond donors (Lipinski definition) is 1. The molecule has 5 nitrogen and oxygen atoms in total. The number of carboxylic acid groups (broad SMARTS) is 1. The van der Waals surface area contributed by atoms with Crippen molar-refractivity contribution in [3.8, 4) is 6.07 Å². The third-order valence-corrected chi connectivity index (χ3v) is 4.05. The summed E-state index contributed by atoms with van der Waals surface area (Å²) in [5.74, 6) is -0.625. The Morgan fingerprint density at radius 1 is 1.64 bits per heavy atom. The maximum atomic E-state index is 13.3. The smallest absolute Gasteiger partial charge is 0.407 e. The first-order valence-corrected chi connectivity index (χ1v) is 7.32. The molecular weight excluding hydrogens is 311 g/mol. The molecule has 1 amide bonds. The van der Waals surface area contributed by atoms with Crippen LogP contribution in [-0.2, 0) is 4.74 Å². The molecule has 1 aliphatic rings. The number of halogens is 2. The van der Waals surface area contributed by atoms with Gasteiger partial charge in [-0.15, -0.1) is 0 Å². The Morgan fingerprint density at radius 2 is 2.41 bits per heavy atom. The lowest BCUT2D eigenvalue weighted by atomic mass is 9.88. The summed E-state index contributed by atoms with van der Waals surface area (Å²) in [4.78, 5) is 12.5. The van der Waals surface area contributed by atoms with Gasteiger partial charge in [0.25, 0.3) is 0 Å². The van der Waals surface area contributed by atoms with Crippen LogP contribution in [0.3, 0.4) is 0 Å². The molecule has 1 aliphatic heterocycles. The number of piperidine rings is 1. The molecule has 0 spiro atoms. The molecule has 1 heterocycles. The summed E-state index contributed by atoms with van der Waals surface area (Å²) in [6, 6.07) is 6.19. The normalized spacial score (nSPS) is 19.5. The van der Waals surface area contributed by atoms with E-state index < -0.39 is 18.0 Å². The molecule has 118 valence electrons. The Kier molecular flexibility index (Phi) is 5.58. The van der Waals surface area contributed by atoms with Gasteiger partial charge in [0.2, 0.25) is 0 Å². The van der Waals surface area contributed by atoms with E-state index in [1.807, 2.05) is 6.07 Å². The molecule has 1 aromatic carbocycles. The van der Waals surface area contributed by atoms with Gasteiger partial charge in [0.05, 0.1) is 17.2 Å². The van der Waals surface area contributed by atoms with Crippen molar-refractivity contribution in [2.24, 2.45) is 5.92 Å². The van der Waals surface area contributed by atoms with Gasteiger partial charge in [-0.3, -0.25) is 0 Å². The van der Waals surface area contributed by atoms with Gasteiger partial charge in [-0.1, -0.05) is 17.7 Å². The van der Waals surface area contributed by atoms with Crippen molar-refractivity contribution in [3.63, 3.8) is 0 Å². The summed E-state index contributed by atoms with van der Waals surface area (Å²) in [6.45, 7) is 0.685. The lowest BCUT2D eigenvalue weighted by Crippen LogP contribution is -2.41. The second kappa shape index (κ2) is 7.43. The predicted molar refractivity (Wildman–Crippen MR) is 78.0 cm³/mol. The number of ether oxygens (including phenoxy) is 1. The zero-order chi connectivity index (χ0) is 16.1. The van der Waals surface area contributed by atoms with Crippen LogP contribution in [0.1, 0.15) is 24.5 Å². The summed E-state index contributed by atoms with van der Waals surface area (Å²) >= 11 is 5.81. The zero-order valence-electron chi connectivity index (χ0n) is 11.8. The van der Waals surface area contributed by atoms with Crippen molar-refractivity contribution in [1.29, 1.82) is 5.26 Å². The molecule has 0 saturated carbocycles. The maximum Gasteiger partial charge on any atom is 0.407 e. The fourth-order valence-electron chi connectivity index (χ4n) is 2.75. The Hall–Kier alpha value is -1.84. The minimum atomic E-state index is -0.971. The van der Waals surface area contributed by atoms with E-state index in [-0.39, 0.29) is 17.5 Å². The van der Waals surface area contributed by atoms with Crippen molar-refractivity contribution < 1.29 is 19.0 Å². The van der Waals surface area contributed by atoms with Gasteiger partial charge < -0.3 is 14.7 Å². The van der Waals surface area contributed by atoms with Crippen LogP contribution in [0, 0.1) is 23.1 Å². The minimum Gasteiger partial charge on any atom is -0.465 e. The van der Waals surface area contributed by atoms with Gasteiger partial charge >= 0.3 is 6.09 Å². The number of hydrogen-bond acceptors (Lipinski definition) is 3. The molecule has 2 atom stereocenters. The predicted octanol–water partition coefficient (Wildman–Crippen LogP) is 3.45. The van der Waals surface area contributed by atoms with Gasteiger partial charge in [0.1, 0.15) is 12.4 Å². The molecule has 1 fully saturated rings. The first-order chi connectivity index (χ1) is 10.5. The highest BCUT2D eigenvalue weighted by molar-refractivity contribution is 6.30. The highest BCUT2D eigenvalue weighted by atomic mass is 35.5. The van der Waals surface area contributed by atoms with Gasteiger partial charge in [0, 0.05) is 19.0 Å². The van der Waals surface area contributed by atoms with Crippen molar-refractivity contribution in [1.82, 2.24) is 4.90 Å². The molecule has 22 heavy (non-hydrogen) atoms. The molecule has 2 rings (SSSR count). The average molecular weight is 327 g/mol. The van der Waals surface area contributed by atoms with E-state index in [9.17, 15) is 9.18 Å². The molecule has 7 heteroatoms. The van der Waals surface area contributed by atoms with Crippen LogP contribution in [0.4, 0.5) is 9.18 Å². The number of rotatable bonds is 4. The van der Waals surface area contributed by atoms with Crippen molar-refractivity contribution in [3.05, 3.63) is 34.6 Å². The van der Waals surface area contributed by atoms with Gasteiger partial charge in [-0.2, -0.15) is 5.26 Å². The van der Waals surface area contributed by atoms with E-state index in [2.05, 4.69) is 0 Å². The van der Waals surface area contributed by atoms with Crippen molar-refractivity contribution in [2.75, 3.05) is 19.7 Å². The molecule has 2 unspecified atom stereocenters. The Balaban J connectivity index is 2.23. The van der Waals surface area contributed by atoms with Crippen LogP contribution in [-0.4, -0.2) is 35.8 Å². The van der Waals surface area contributed by atoms with E-state index in [0.717, 1.165) is 12.8 Å². The van der Waals surface area contributed by atoms with E-state index in [1.165, 1.54) is 17.0 Å². The SMILES string of the molecule is N#CCOC(c1ccc(F)c(Cl)c1)C1CCCN(C(=O)O)C1. The molecular formula is C15H16ClFN2O3. The van der Waals surface area contributed by atoms with Crippen molar-refractivity contribution in [2.45, 2.75) is 18.9 Å². The number of likely N-dealkylation sites (tertiary alicyclic amines) is 1. The van der Waals surface area contributed by atoms with E-state index >= 15 is 0 Å². The fraction of sp³-hybridized carbons (Fsp3) is 0.467. The molecule has 1 N–H and O–H groups in total. The van der Waals surface area contributed by atoms with Crippen LogP contribution in [0.25, 0.3) is 0 Å². The lowest BCUT2D eigenvalue weighted by Gasteiger charge is -2.35. The Labute approximate surface area is 132 Å². The summed E-state index contributed by atoms with van der Waals surface area (Å²) in [5.41, 5.74) is 0.652.